The number of rotatable bonds is 7. The van der Waals surface area contributed by atoms with E-state index in [1.807, 2.05) is 13.0 Å². The van der Waals surface area contributed by atoms with Crippen LogP contribution in [0, 0.1) is 5.82 Å². The van der Waals surface area contributed by atoms with E-state index in [4.69, 9.17) is 4.98 Å². The molecule has 8 heteroatoms. The molecular formula is C22H21BrFN3O2S. The molecule has 0 radical (unpaired) electrons. The number of amides is 1. The molecule has 1 aliphatic rings. The van der Waals surface area contributed by atoms with Crippen LogP contribution in [0.1, 0.15) is 37.0 Å². The van der Waals surface area contributed by atoms with Crippen LogP contribution in [0.4, 0.5) is 4.39 Å². The van der Waals surface area contributed by atoms with Gasteiger partial charge in [-0.1, -0.05) is 46.7 Å². The molecule has 1 N–H and O–H groups in total. The Labute approximate surface area is 186 Å². The second-order valence-corrected chi connectivity index (χ2v) is 9.33. The van der Waals surface area contributed by atoms with E-state index in [1.165, 1.54) is 23.9 Å². The molecule has 0 spiro atoms. The quantitative estimate of drug-likeness (QED) is 0.381. The lowest BCUT2D eigenvalue weighted by atomic mass is 10.1. The number of thioether (sulfide) groups is 1. The molecule has 156 valence electrons. The lowest BCUT2D eigenvalue weighted by molar-refractivity contribution is -0.120. The minimum atomic E-state index is -0.630. The zero-order valence-corrected chi connectivity index (χ0v) is 18.8. The summed E-state index contributed by atoms with van der Waals surface area (Å²) in [6.45, 7) is 2.49. The molecule has 4 rings (SSSR count). The topological polar surface area (TPSA) is 64.0 Å². The number of nitrogens with one attached hydrogen (secondary N) is 1. The average Bonchev–Trinajstić information content (AvgIpc) is 3.54. The van der Waals surface area contributed by atoms with E-state index in [0.29, 0.717) is 28.2 Å². The number of carbonyl (C=O) groups is 1. The number of fused-ring (bicyclic) bond motifs is 1. The molecular weight excluding hydrogens is 469 g/mol. The first kappa shape index (κ1) is 21.1. The summed E-state index contributed by atoms with van der Waals surface area (Å²) in [5.41, 5.74) is 1.12. The highest BCUT2D eigenvalue weighted by atomic mass is 79.9. The number of aromatic nitrogens is 2. The van der Waals surface area contributed by atoms with E-state index >= 15 is 0 Å². The Morgan fingerprint density at radius 1 is 1.30 bits per heavy atom. The number of hydrogen-bond acceptors (Lipinski definition) is 4. The Morgan fingerprint density at radius 2 is 2.03 bits per heavy atom. The molecule has 1 saturated carbocycles. The smallest absolute Gasteiger partial charge is 0.262 e. The van der Waals surface area contributed by atoms with Crippen molar-refractivity contribution in [1.29, 1.82) is 0 Å². The van der Waals surface area contributed by atoms with Crippen LogP contribution >= 0.6 is 27.7 Å². The summed E-state index contributed by atoms with van der Waals surface area (Å²) in [4.78, 5) is 30.9. The predicted octanol–water partition coefficient (Wildman–Crippen LogP) is 4.82. The predicted molar refractivity (Wildman–Crippen MR) is 120 cm³/mol. The Morgan fingerprint density at radius 3 is 2.70 bits per heavy atom. The van der Waals surface area contributed by atoms with Gasteiger partial charge < -0.3 is 5.32 Å². The Balaban J connectivity index is 1.78. The molecule has 0 aliphatic heterocycles. The van der Waals surface area contributed by atoms with Crippen LogP contribution in [0.3, 0.4) is 0 Å². The fourth-order valence-electron chi connectivity index (χ4n) is 3.20. The molecule has 1 amide bonds. The summed E-state index contributed by atoms with van der Waals surface area (Å²) >= 11 is 4.64. The summed E-state index contributed by atoms with van der Waals surface area (Å²) in [5.74, 6) is -0.510. The summed E-state index contributed by atoms with van der Waals surface area (Å²) in [5, 5.41) is 3.41. The first-order chi connectivity index (χ1) is 14.5. The van der Waals surface area contributed by atoms with Crippen molar-refractivity contribution in [2.24, 2.45) is 0 Å². The number of hydrogen-bond donors (Lipinski definition) is 1. The molecule has 1 fully saturated rings. The van der Waals surface area contributed by atoms with Crippen molar-refractivity contribution in [3.8, 4) is 0 Å². The number of halogens is 2. The fourth-order valence-corrected chi connectivity index (χ4v) is 4.70. The lowest BCUT2D eigenvalue weighted by Crippen LogP contribution is -2.31. The van der Waals surface area contributed by atoms with E-state index in [2.05, 4.69) is 21.2 Å². The average molecular weight is 490 g/mol. The molecule has 1 aromatic heterocycles. The van der Waals surface area contributed by atoms with Gasteiger partial charge in [-0.05, 0) is 55.2 Å². The number of benzene rings is 2. The van der Waals surface area contributed by atoms with Gasteiger partial charge in [0.15, 0.2) is 5.16 Å². The highest BCUT2D eigenvalue weighted by Crippen LogP contribution is 2.36. The molecule has 1 unspecified atom stereocenters. The third kappa shape index (κ3) is 4.59. The van der Waals surface area contributed by atoms with Gasteiger partial charge in [0.05, 0.1) is 10.9 Å². The van der Waals surface area contributed by atoms with Gasteiger partial charge in [0, 0.05) is 17.1 Å². The first-order valence-corrected chi connectivity index (χ1v) is 11.6. The van der Waals surface area contributed by atoms with E-state index in [0.717, 1.165) is 23.7 Å². The highest BCUT2D eigenvalue weighted by molar-refractivity contribution is 9.10. The normalized spacial score (nSPS) is 14.6. The van der Waals surface area contributed by atoms with Gasteiger partial charge >= 0.3 is 0 Å². The molecule has 1 aliphatic carbocycles. The van der Waals surface area contributed by atoms with Crippen LogP contribution in [0.15, 0.2) is 56.9 Å². The van der Waals surface area contributed by atoms with E-state index in [-0.39, 0.29) is 23.3 Å². The highest BCUT2D eigenvalue weighted by Gasteiger charge is 2.30. The van der Waals surface area contributed by atoms with Gasteiger partial charge in [-0.2, -0.15) is 0 Å². The summed E-state index contributed by atoms with van der Waals surface area (Å²) in [6, 6.07) is 11.5. The van der Waals surface area contributed by atoms with Crippen molar-refractivity contribution in [3.63, 3.8) is 0 Å². The Kier molecular flexibility index (Phi) is 6.24. The van der Waals surface area contributed by atoms with Crippen molar-refractivity contribution in [3.05, 3.63) is 68.7 Å². The van der Waals surface area contributed by atoms with Crippen LogP contribution in [-0.4, -0.2) is 21.5 Å². The van der Waals surface area contributed by atoms with E-state index in [1.54, 1.807) is 28.8 Å². The monoisotopic (exact) mass is 489 g/mol. The SMILES string of the molecule is CCCn1c(SC(C(=O)NC2CC2)c2ccc(F)cc2)nc2ccc(Br)cc2c1=O. The molecule has 0 bridgehead atoms. The Hall–Kier alpha value is -2.19. The van der Waals surface area contributed by atoms with Gasteiger partial charge in [-0.25, -0.2) is 9.37 Å². The van der Waals surface area contributed by atoms with Gasteiger partial charge in [0.2, 0.25) is 5.91 Å². The molecule has 3 aromatic rings. The van der Waals surface area contributed by atoms with Crippen molar-refractivity contribution < 1.29 is 9.18 Å². The molecule has 1 atom stereocenters. The van der Waals surface area contributed by atoms with E-state index < -0.39 is 5.25 Å². The fraction of sp³-hybridized carbons (Fsp3) is 0.318. The van der Waals surface area contributed by atoms with Crippen LogP contribution in [-0.2, 0) is 11.3 Å². The zero-order valence-electron chi connectivity index (χ0n) is 16.4. The van der Waals surface area contributed by atoms with Crippen molar-refractivity contribution in [2.75, 3.05) is 0 Å². The summed E-state index contributed by atoms with van der Waals surface area (Å²) in [7, 11) is 0. The second-order valence-electron chi connectivity index (χ2n) is 7.34. The third-order valence-corrected chi connectivity index (χ3v) is 6.62. The van der Waals surface area contributed by atoms with Crippen molar-refractivity contribution in [1.82, 2.24) is 14.9 Å². The summed E-state index contributed by atoms with van der Waals surface area (Å²) < 4.78 is 15.9. The van der Waals surface area contributed by atoms with Crippen LogP contribution in [0.2, 0.25) is 0 Å². The van der Waals surface area contributed by atoms with Gasteiger partial charge in [0.25, 0.3) is 5.56 Å². The lowest BCUT2D eigenvalue weighted by Gasteiger charge is -2.19. The van der Waals surface area contributed by atoms with E-state index in [9.17, 15) is 14.0 Å². The maximum Gasteiger partial charge on any atom is 0.262 e. The summed E-state index contributed by atoms with van der Waals surface area (Å²) in [6.07, 6.45) is 2.69. The van der Waals surface area contributed by atoms with Crippen LogP contribution in [0.5, 0.6) is 0 Å². The standard InChI is InChI=1S/C22H21BrFN3O2S/c1-2-11-27-21(29)17-12-14(23)5-10-18(17)26-22(27)30-19(20(28)25-16-8-9-16)13-3-6-15(24)7-4-13/h3-7,10,12,16,19H,2,8-9,11H2,1H3,(H,25,28). The zero-order chi connectivity index (χ0) is 21.3. The largest absolute Gasteiger partial charge is 0.352 e. The van der Waals surface area contributed by atoms with Crippen molar-refractivity contribution >= 4 is 44.5 Å². The Bertz CT molecular complexity index is 1150. The minimum Gasteiger partial charge on any atom is -0.352 e. The first-order valence-electron chi connectivity index (χ1n) is 9.89. The van der Waals surface area contributed by atoms with Gasteiger partial charge in [-0.3, -0.25) is 14.2 Å². The molecule has 2 aromatic carbocycles. The maximum atomic E-state index is 13.5. The van der Waals surface area contributed by atoms with Gasteiger partial charge in [0.1, 0.15) is 11.1 Å². The van der Waals surface area contributed by atoms with Crippen molar-refractivity contribution in [2.45, 2.75) is 49.2 Å². The molecule has 0 saturated heterocycles. The minimum absolute atomic E-state index is 0.133. The molecule has 1 heterocycles. The molecule has 30 heavy (non-hydrogen) atoms. The molecule has 5 nitrogen and oxygen atoms in total. The number of nitrogens with zero attached hydrogens (tertiary/aromatic N) is 2. The second kappa shape index (κ2) is 8.89. The third-order valence-electron chi connectivity index (χ3n) is 4.89. The maximum absolute atomic E-state index is 13.5. The van der Waals surface area contributed by atoms with Crippen LogP contribution in [0.25, 0.3) is 10.9 Å². The van der Waals surface area contributed by atoms with Gasteiger partial charge in [-0.15, -0.1) is 0 Å². The van der Waals surface area contributed by atoms with Crippen LogP contribution < -0.4 is 10.9 Å². The number of carbonyl (C=O) groups excluding carboxylic acids is 1.